The quantitative estimate of drug-likeness (QED) is 0.525. The molecule has 5 nitrogen and oxygen atoms in total. The van der Waals surface area contributed by atoms with E-state index >= 15 is 0 Å². The number of hydrogen-bond donors (Lipinski definition) is 0. The van der Waals surface area contributed by atoms with Crippen LogP contribution in [-0.2, 0) is 9.53 Å². The molecule has 1 unspecified atom stereocenters. The van der Waals surface area contributed by atoms with Crippen LogP contribution in [0.3, 0.4) is 0 Å². The Morgan fingerprint density at radius 3 is 2.47 bits per heavy atom. The maximum absolute atomic E-state index is 13.5. The van der Waals surface area contributed by atoms with E-state index < -0.39 is 12.0 Å². The summed E-state index contributed by atoms with van der Waals surface area (Å²) in [6, 6.07) is 11.6. The molecule has 7 heteroatoms. The fourth-order valence-corrected chi connectivity index (χ4v) is 5.57. The Hall–Kier alpha value is -2.77. The van der Waals surface area contributed by atoms with E-state index in [0.29, 0.717) is 26.5 Å². The monoisotopic (exact) mass is 466 g/mol. The van der Waals surface area contributed by atoms with Gasteiger partial charge >= 0.3 is 5.97 Å². The third-order valence-corrected chi connectivity index (χ3v) is 7.21. The van der Waals surface area contributed by atoms with Gasteiger partial charge < -0.3 is 4.74 Å². The lowest BCUT2D eigenvalue weighted by atomic mass is 10.0. The molecule has 3 heterocycles. The van der Waals surface area contributed by atoms with E-state index in [1.54, 1.807) is 11.5 Å². The highest BCUT2D eigenvalue weighted by Gasteiger charge is 2.34. The molecule has 0 aliphatic carbocycles. The van der Waals surface area contributed by atoms with Crippen molar-refractivity contribution in [3.05, 3.63) is 88.7 Å². The molecule has 4 rings (SSSR count). The van der Waals surface area contributed by atoms with Gasteiger partial charge in [-0.2, -0.15) is 0 Å². The number of ether oxygens (including phenoxy) is 1. The van der Waals surface area contributed by atoms with Gasteiger partial charge in [0.15, 0.2) is 4.80 Å². The number of rotatable bonds is 5. The average molecular weight is 467 g/mol. The van der Waals surface area contributed by atoms with E-state index in [9.17, 15) is 9.59 Å². The summed E-state index contributed by atoms with van der Waals surface area (Å²) in [6.07, 6.45) is 1.63. The smallest absolute Gasteiger partial charge is 0.338 e. The topological polar surface area (TPSA) is 60.7 Å². The van der Waals surface area contributed by atoms with Crippen molar-refractivity contribution in [3.8, 4) is 0 Å². The molecule has 0 spiro atoms. The van der Waals surface area contributed by atoms with Gasteiger partial charge in [-0.15, -0.1) is 11.3 Å². The molecule has 3 aromatic rings. The maximum atomic E-state index is 13.5. The van der Waals surface area contributed by atoms with E-state index in [2.05, 4.69) is 31.0 Å². The maximum Gasteiger partial charge on any atom is 0.338 e. The van der Waals surface area contributed by atoms with Crippen molar-refractivity contribution in [3.63, 3.8) is 0 Å². The number of fused-ring (bicyclic) bond motifs is 1. The van der Waals surface area contributed by atoms with Gasteiger partial charge in [0.2, 0.25) is 0 Å². The van der Waals surface area contributed by atoms with Gasteiger partial charge in [-0.3, -0.25) is 9.36 Å². The third-order valence-electron chi connectivity index (χ3n) is 5.30. The van der Waals surface area contributed by atoms with E-state index in [0.717, 1.165) is 10.4 Å². The number of thiophene rings is 1. The van der Waals surface area contributed by atoms with Crippen LogP contribution in [0.5, 0.6) is 0 Å². The highest BCUT2D eigenvalue weighted by Crippen LogP contribution is 2.33. The number of hydrogen-bond acceptors (Lipinski definition) is 6. The Kier molecular flexibility index (Phi) is 6.31. The first-order valence-electron chi connectivity index (χ1n) is 10.6. The molecule has 0 fully saturated rings. The van der Waals surface area contributed by atoms with Gasteiger partial charge in [0.05, 0.1) is 21.9 Å². The summed E-state index contributed by atoms with van der Waals surface area (Å²) in [6.45, 7) is 9.74. The Balaban J connectivity index is 1.86. The van der Waals surface area contributed by atoms with Crippen molar-refractivity contribution in [2.24, 2.45) is 4.99 Å². The van der Waals surface area contributed by atoms with Crippen LogP contribution in [0.1, 0.15) is 62.6 Å². The van der Waals surface area contributed by atoms with Gasteiger partial charge in [-0.05, 0) is 55.3 Å². The Morgan fingerprint density at radius 2 is 1.88 bits per heavy atom. The standard InChI is InChI=1S/C25H26N2O3S2/c1-14(2)18-10-8-17(9-11-18)13-20-23(28)27-22(19-7-6-12-31-19)21(24(29)30-15(3)4)16(5)26-25(27)32-20/h6-15,22H,1-5H3. The van der Waals surface area contributed by atoms with Crippen molar-refractivity contribution in [2.75, 3.05) is 0 Å². The van der Waals surface area contributed by atoms with Crippen molar-refractivity contribution >= 4 is 34.7 Å². The Labute approximate surface area is 195 Å². The summed E-state index contributed by atoms with van der Waals surface area (Å²) < 4.78 is 7.73. The first-order valence-corrected chi connectivity index (χ1v) is 12.3. The number of thiazole rings is 1. The van der Waals surface area contributed by atoms with Crippen LogP contribution in [0.15, 0.2) is 62.8 Å². The minimum atomic E-state index is -0.539. The zero-order chi connectivity index (χ0) is 23.0. The molecule has 1 atom stereocenters. The Morgan fingerprint density at radius 1 is 1.16 bits per heavy atom. The number of nitrogens with zero attached hydrogens (tertiary/aromatic N) is 2. The summed E-state index contributed by atoms with van der Waals surface area (Å²) >= 11 is 2.86. The summed E-state index contributed by atoms with van der Waals surface area (Å²) in [4.78, 5) is 32.6. The molecule has 0 N–H and O–H groups in total. The molecular weight excluding hydrogens is 440 g/mol. The van der Waals surface area contributed by atoms with Crippen molar-refractivity contribution in [1.29, 1.82) is 0 Å². The van der Waals surface area contributed by atoms with Crippen LogP contribution in [0.4, 0.5) is 0 Å². The highest BCUT2D eigenvalue weighted by molar-refractivity contribution is 7.10. The van der Waals surface area contributed by atoms with Gasteiger partial charge in [0.1, 0.15) is 6.04 Å². The largest absolute Gasteiger partial charge is 0.459 e. The number of esters is 1. The lowest BCUT2D eigenvalue weighted by molar-refractivity contribution is -0.143. The second-order valence-corrected chi connectivity index (χ2v) is 10.4. The average Bonchev–Trinajstić information content (AvgIpc) is 3.36. The van der Waals surface area contributed by atoms with Gasteiger partial charge in [-0.1, -0.05) is 55.5 Å². The molecule has 1 aromatic carbocycles. The SMILES string of the molecule is CC1=C(C(=O)OC(C)C)C(c2cccs2)n2c(sc(=Cc3ccc(C(C)C)cc3)c2=O)=N1. The Bertz CT molecular complexity index is 1340. The summed E-state index contributed by atoms with van der Waals surface area (Å²) in [5, 5.41) is 1.95. The number of carbonyl (C=O) groups is 1. The van der Waals surface area contributed by atoms with Crippen LogP contribution in [0.25, 0.3) is 6.08 Å². The molecule has 0 saturated heterocycles. The lowest BCUT2D eigenvalue weighted by Crippen LogP contribution is -2.39. The minimum absolute atomic E-state index is 0.151. The fourth-order valence-electron chi connectivity index (χ4n) is 3.70. The van der Waals surface area contributed by atoms with E-state index in [1.807, 2.05) is 49.6 Å². The third kappa shape index (κ3) is 4.27. The molecule has 0 bridgehead atoms. The minimum Gasteiger partial charge on any atom is -0.459 e. The molecule has 0 amide bonds. The molecule has 2 aromatic heterocycles. The molecule has 166 valence electrons. The predicted octanol–water partition coefficient (Wildman–Crippen LogP) is 4.37. The second kappa shape index (κ2) is 9.00. The summed E-state index contributed by atoms with van der Waals surface area (Å²) in [5.41, 5.74) is 3.07. The first-order chi connectivity index (χ1) is 15.3. The van der Waals surface area contributed by atoms with Crippen LogP contribution < -0.4 is 14.9 Å². The van der Waals surface area contributed by atoms with Gasteiger partial charge in [0.25, 0.3) is 5.56 Å². The van der Waals surface area contributed by atoms with Crippen molar-refractivity contribution in [1.82, 2.24) is 4.57 Å². The second-order valence-electron chi connectivity index (χ2n) is 8.37. The number of allylic oxidation sites excluding steroid dienone is 1. The summed E-state index contributed by atoms with van der Waals surface area (Å²) in [5.74, 6) is 0.0188. The predicted molar refractivity (Wildman–Crippen MR) is 130 cm³/mol. The van der Waals surface area contributed by atoms with E-state index in [-0.39, 0.29) is 11.7 Å². The van der Waals surface area contributed by atoms with E-state index in [4.69, 9.17) is 4.74 Å². The molecule has 1 aliphatic heterocycles. The number of aromatic nitrogens is 1. The number of carbonyl (C=O) groups excluding carboxylic acids is 1. The van der Waals surface area contributed by atoms with Crippen LogP contribution >= 0.6 is 22.7 Å². The zero-order valence-corrected chi connectivity index (χ0v) is 20.4. The number of benzene rings is 1. The van der Waals surface area contributed by atoms with Crippen molar-refractivity contribution < 1.29 is 9.53 Å². The molecule has 1 aliphatic rings. The van der Waals surface area contributed by atoms with Crippen LogP contribution in [0, 0.1) is 0 Å². The summed E-state index contributed by atoms with van der Waals surface area (Å²) in [7, 11) is 0. The molecular formula is C25H26N2O3S2. The zero-order valence-electron chi connectivity index (χ0n) is 18.8. The van der Waals surface area contributed by atoms with E-state index in [1.165, 1.54) is 28.2 Å². The normalized spacial score (nSPS) is 16.5. The lowest BCUT2D eigenvalue weighted by Gasteiger charge is -2.24. The molecule has 0 saturated carbocycles. The highest BCUT2D eigenvalue weighted by atomic mass is 32.1. The molecule has 32 heavy (non-hydrogen) atoms. The fraction of sp³-hybridized carbons (Fsp3) is 0.320. The van der Waals surface area contributed by atoms with Gasteiger partial charge in [-0.25, -0.2) is 9.79 Å². The van der Waals surface area contributed by atoms with Crippen LogP contribution in [0.2, 0.25) is 0 Å². The van der Waals surface area contributed by atoms with Crippen molar-refractivity contribution in [2.45, 2.75) is 52.7 Å². The molecule has 0 radical (unpaired) electrons. The first kappa shape index (κ1) is 22.4. The van der Waals surface area contributed by atoms with Gasteiger partial charge in [0, 0.05) is 4.88 Å². The van der Waals surface area contributed by atoms with Crippen LogP contribution in [-0.4, -0.2) is 16.6 Å².